The van der Waals surface area contributed by atoms with Crippen molar-refractivity contribution in [2.24, 2.45) is 50.7 Å². The lowest BCUT2D eigenvalue weighted by molar-refractivity contribution is -0.225. The second kappa shape index (κ2) is 15.4. The van der Waals surface area contributed by atoms with Gasteiger partial charge in [0.1, 0.15) is 0 Å². The zero-order valence-corrected chi connectivity index (χ0v) is 30.8. The molecular weight excluding hydrogens is 616 g/mol. The lowest BCUT2D eigenvalue weighted by Gasteiger charge is -2.72. The Morgan fingerprint density at radius 3 is 1.98 bits per heavy atom. The van der Waals surface area contributed by atoms with E-state index in [1.165, 1.54) is 31.3 Å². The minimum absolute atomic E-state index is 0.0589. The van der Waals surface area contributed by atoms with E-state index in [2.05, 4.69) is 85.8 Å². The number of fused-ring (bicyclic) bond motifs is 7. The van der Waals surface area contributed by atoms with E-state index in [-0.39, 0.29) is 27.2 Å². The number of rotatable bonds is 3. The van der Waals surface area contributed by atoms with Crippen LogP contribution >= 0.6 is 11.6 Å². The minimum Gasteiger partial charge on any atom is -0.481 e. The van der Waals surface area contributed by atoms with Gasteiger partial charge < -0.3 is 10.2 Å². The molecule has 5 aliphatic carbocycles. The van der Waals surface area contributed by atoms with Crippen molar-refractivity contribution in [2.45, 2.75) is 106 Å². The quantitative estimate of drug-likeness (QED) is 0.247. The average molecular weight is 673 g/mol. The topological polar surface area (TPSA) is 74.6 Å². The number of benzene rings is 1. The Balaban J connectivity index is 0.000000816. The molecule has 0 heterocycles. The molecule has 5 heteroatoms. The van der Waals surface area contributed by atoms with Gasteiger partial charge in [0.15, 0.2) is 0 Å². The number of hydrogen-bond donors (Lipinski definition) is 2. The number of carboxylic acids is 2. The molecule has 1 aromatic carbocycles. The summed E-state index contributed by atoms with van der Waals surface area (Å²) in [4.78, 5) is 24.1. The van der Waals surface area contributed by atoms with Crippen LogP contribution in [0.2, 0.25) is 5.02 Å². The molecule has 2 N–H and O–H groups in total. The van der Waals surface area contributed by atoms with Gasteiger partial charge in [0, 0.05) is 0 Å². The average Bonchev–Trinajstić information content (AvgIpc) is 3.50. The number of aromatic carboxylic acids is 1. The van der Waals surface area contributed by atoms with Crippen LogP contribution in [0.15, 0.2) is 36.9 Å². The fourth-order valence-electron chi connectivity index (χ4n) is 11.9. The summed E-state index contributed by atoms with van der Waals surface area (Å²) in [5.41, 5.74) is 2.53. The van der Waals surface area contributed by atoms with Gasteiger partial charge in [-0.15, -0.1) is 45.1 Å². The van der Waals surface area contributed by atoms with E-state index < -0.39 is 17.4 Å². The molecule has 4 nitrogen and oxygen atoms in total. The van der Waals surface area contributed by atoms with Gasteiger partial charge in [-0.1, -0.05) is 70.9 Å². The summed E-state index contributed by atoms with van der Waals surface area (Å²) >= 11 is 6.41. The molecule has 4 saturated carbocycles. The predicted octanol–water partition coefficient (Wildman–Crippen LogP) is 10.9. The lowest BCUT2D eigenvalue weighted by atomic mass is 9.32. The predicted molar refractivity (Wildman–Crippen MR) is 200 cm³/mol. The van der Waals surface area contributed by atoms with Gasteiger partial charge in [0.05, 0.1) is 16.0 Å². The van der Waals surface area contributed by atoms with E-state index in [4.69, 9.17) is 11.6 Å². The highest BCUT2D eigenvalue weighted by molar-refractivity contribution is 6.33. The second-order valence-electron chi connectivity index (χ2n) is 15.6. The Morgan fingerprint density at radius 2 is 1.44 bits per heavy atom. The molecule has 0 amide bonds. The third-order valence-corrected chi connectivity index (χ3v) is 14.2. The van der Waals surface area contributed by atoms with Crippen molar-refractivity contribution in [3.63, 3.8) is 0 Å². The summed E-state index contributed by atoms with van der Waals surface area (Å²) in [5.74, 6) is 0.465. The van der Waals surface area contributed by atoms with Gasteiger partial charge in [-0.2, -0.15) is 0 Å². The van der Waals surface area contributed by atoms with E-state index in [0.717, 1.165) is 44.1 Å². The molecule has 0 aromatic heterocycles. The van der Waals surface area contributed by atoms with Gasteiger partial charge in [0.25, 0.3) is 0 Å². The van der Waals surface area contributed by atoms with Crippen LogP contribution in [0.1, 0.15) is 122 Å². The molecular formula is C43H57ClO4. The second-order valence-corrected chi connectivity index (χ2v) is 16.0. The summed E-state index contributed by atoms with van der Waals surface area (Å²) in [5, 5.41) is 20.1. The summed E-state index contributed by atoms with van der Waals surface area (Å²) in [7, 11) is 0. The Labute approximate surface area is 296 Å². The van der Waals surface area contributed by atoms with E-state index in [0.29, 0.717) is 28.7 Å². The van der Waals surface area contributed by atoms with Crippen LogP contribution in [0.25, 0.3) is 5.57 Å². The van der Waals surface area contributed by atoms with Gasteiger partial charge in [0.2, 0.25) is 0 Å². The first-order valence-corrected chi connectivity index (χ1v) is 17.6. The summed E-state index contributed by atoms with van der Waals surface area (Å²) in [6.45, 7) is 17.7. The Bertz CT molecular complexity index is 1430. The van der Waals surface area contributed by atoms with E-state index in [9.17, 15) is 19.8 Å². The SMILES string of the molecule is C#C.C#C.C#C.C=CC.CC1(C)C(c2ccc(C(=O)O)c(Cl)c2)=CC[C@@]2(C)C1CC[C@]1(C)C2CC[C@@H]2C3CCC[C@]3(C(=O)O)CC[C@]21C. The van der Waals surface area contributed by atoms with Gasteiger partial charge in [-0.3, -0.25) is 4.79 Å². The first-order valence-electron chi connectivity index (χ1n) is 17.2. The van der Waals surface area contributed by atoms with Gasteiger partial charge in [-0.25, -0.2) is 4.79 Å². The summed E-state index contributed by atoms with van der Waals surface area (Å²) in [6.07, 6.45) is 38.9. The summed E-state index contributed by atoms with van der Waals surface area (Å²) in [6, 6.07) is 5.43. The maximum atomic E-state index is 12.6. The molecule has 5 aliphatic rings. The molecule has 8 atom stereocenters. The molecule has 0 spiro atoms. The number of halogens is 1. The van der Waals surface area contributed by atoms with Crippen molar-refractivity contribution in [2.75, 3.05) is 0 Å². The molecule has 1 aromatic rings. The standard InChI is InChI=1S/C34H45ClO4.C3H6.3C2H2/c1-30(2)22(20-8-9-21(28(36)37)25(35)19-20)12-15-31(3)26(30)13-16-33(5)27(31)11-10-23-24-7-6-14-34(24,29(38)39)18-17-32(23,33)4;1-3-2;3*1-2/h8-9,12,19,23-24,26-27H,6-7,10-11,13-18H2,1-5H3,(H,36,37)(H,38,39);3H,1H2,2H3;3*1-2H/t23-,24?,26?,27?,31+,32-,33-,34+;;;;/m1..../s1. The van der Waals surface area contributed by atoms with E-state index >= 15 is 0 Å². The van der Waals surface area contributed by atoms with Crippen molar-refractivity contribution in [1.29, 1.82) is 0 Å². The Morgan fingerprint density at radius 1 is 0.833 bits per heavy atom. The zero-order valence-electron chi connectivity index (χ0n) is 30.0. The summed E-state index contributed by atoms with van der Waals surface area (Å²) < 4.78 is 0. The van der Waals surface area contributed by atoms with Crippen molar-refractivity contribution in [3.8, 4) is 38.5 Å². The molecule has 4 fully saturated rings. The molecule has 3 unspecified atom stereocenters. The van der Waals surface area contributed by atoms with Gasteiger partial charge >= 0.3 is 11.9 Å². The highest BCUT2D eigenvalue weighted by Gasteiger charge is 2.70. The molecule has 0 radical (unpaired) electrons. The number of carbonyl (C=O) groups is 2. The molecule has 0 bridgehead atoms. The highest BCUT2D eigenvalue weighted by Crippen LogP contribution is 2.77. The molecule has 0 saturated heterocycles. The fraction of sp³-hybridized carbons (Fsp3) is 0.581. The van der Waals surface area contributed by atoms with Crippen LogP contribution in [0.5, 0.6) is 0 Å². The first-order chi connectivity index (χ1) is 22.6. The Hall–Kier alpha value is -3.39. The molecule has 260 valence electrons. The smallest absolute Gasteiger partial charge is 0.337 e. The van der Waals surface area contributed by atoms with Crippen LogP contribution in [0, 0.1) is 89.3 Å². The third kappa shape index (κ3) is 6.14. The highest BCUT2D eigenvalue weighted by atomic mass is 35.5. The van der Waals surface area contributed by atoms with Crippen molar-refractivity contribution in [1.82, 2.24) is 0 Å². The van der Waals surface area contributed by atoms with Crippen molar-refractivity contribution >= 4 is 29.1 Å². The molecule has 48 heavy (non-hydrogen) atoms. The van der Waals surface area contributed by atoms with Crippen LogP contribution in [-0.2, 0) is 4.79 Å². The zero-order chi connectivity index (χ0) is 36.9. The number of hydrogen-bond acceptors (Lipinski definition) is 2. The minimum atomic E-state index is -0.993. The number of allylic oxidation sites excluding steroid dienone is 3. The van der Waals surface area contributed by atoms with Crippen LogP contribution < -0.4 is 0 Å². The van der Waals surface area contributed by atoms with Crippen LogP contribution in [0.4, 0.5) is 0 Å². The number of carboxylic acid groups (broad SMARTS) is 2. The van der Waals surface area contributed by atoms with Crippen molar-refractivity contribution in [3.05, 3.63) is 53.1 Å². The normalized spacial score (nSPS) is 36.4. The fourth-order valence-corrected chi connectivity index (χ4v) is 12.2. The van der Waals surface area contributed by atoms with Crippen LogP contribution in [-0.4, -0.2) is 22.2 Å². The molecule has 0 aliphatic heterocycles. The Kier molecular flexibility index (Phi) is 13.1. The van der Waals surface area contributed by atoms with E-state index in [1.54, 1.807) is 12.1 Å². The van der Waals surface area contributed by atoms with Crippen molar-refractivity contribution < 1.29 is 19.8 Å². The number of terminal acetylenes is 3. The largest absolute Gasteiger partial charge is 0.481 e. The number of aliphatic carboxylic acids is 1. The van der Waals surface area contributed by atoms with E-state index in [1.807, 2.05) is 19.1 Å². The third-order valence-electron chi connectivity index (χ3n) is 13.9. The maximum Gasteiger partial charge on any atom is 0.337 e. The monoisotopic (exact) mass is 672 g/mol. The van der Waals surface area contributed by atoms with Crippen LogP contribution in [0.3, 0.4) is 0 Å². The lowest BCUT2D eigenvalue weighted by Crippen LogP contribution is -2.65. The molecule has 6 rings (SSSR count). The van der Waals surface area contributed by atoms with Gasteiger partial charge in [-0.05, 0) is 133 Å². The first kappa shape index (κ1) is 40.8. The maximum absolute atomic E-state index is 12.6.